The lowest BCUT2D eigenvalue weighted by Gasteiger charge is -2.32. The third kappa shape index (κ3) is 4.21. The average Bonchev–Trinajstić information content (AvgIpc) is 2.68. The maximum atomic E-state index is 12.9. The van der Waals surface area contributed by atoms with Crippen molar-refractivity contribution in [3.8, 4) is 5.75 Å². The van der Waals surface area contributed by atoms with Gasteiger partial charge in [-0.2, -0.15) is 0 Å². The van der Waals surface area contributed by atoms with Crippen molar-refractivity contribution in [2.24, 2.45) is 11.7 Å². The van der Waals surface area contributed by atoms with Crippen LogP contribution in [0.15, 0.2) is 18.2 Å². The van der Waals surface area contributed by atoms with Gasteiger partial charge < -0.3 is 15.4 Å². The monoisotopic (exact) mass is 374 g/mol. The number of urea groups is 1. The number of nitrogens with one attached hydrogen (secondary N) is 1. The number of methoxy groups -OCH3 is 1. The molecule has 146 valence electrons. The second-order valence-corrected chi connectivity index (χ2v) is 6.95. The van der Waals surface area contributed by atoms with Crippen molar-refractivity contribution in [2.45, 2.75) is 25.7 Å². The summed E-state index contributed by atoms with van der Waals surface area (Å²) in [4.78, 5) is 39.8. The van der Waals surface area contributed by atoms with Crippen molar-refractivity contribution in [2.75, 3.05) is 38.2 Å². The molecule has 3 N–H and O–H groups in total. The molecule has 0 bridgehead atoms. The molecular formula is C19H26N4O4. The number of carbonyl (C=O) groups excluding carboxylic acids is 3. The summed E-state index contributed by atoms with van der Waals surface area (Å²) in [5.41, 5.74) is 6.63. The topological polar surface area (TPSA) is 105 Å². The lowest BCUT2D eigenvalue weighted by Crippen LogP contribution is -2.49. The molecule has 0 aromatic heterocycles. The molecular weight excluding hydrogens is 348 g/mol. The highest BCUT2D eigenvalue weighted by Gasteiger charge is 2.28. The van der Waals surface area contributed by atoms with Crippen LogP contribution in [0.4, 0.5) is 10.5 Å². The number of piperidine rings is 1. The second-order valence-electron chi connectivity index (χ2n) is 6.95. The summed E-state index contributed by atoms with van der Waals surface area (Å²) < 4.78 is 5.35. The molecule has 8 nitrogen and oxygen atoms in total. The van der Waals surface area contributed by atoms with Gasteiger partial charge >= 0.3 is 6.03 Å². The van der Waals surface area contributed by atoms with Gasteiger partial charge in [0.25, 0.3) is 5.91 Å². The van der Waals surface area contributed by atoms with Gasteiger partial charge in [0.1, 0.15) is 5.75 Å². The number of nitrogens with two attached hydrogens (primary N) is 1. The number of hydrogen-bond donors (Lipinski definition) is 2. The fourth-order valence-electron chi connectivity index (χ4n) is 3.67. The third-order valence-electron chi connectivity index (χ3n) is 5.25. The normalized spacial score (nSPS) is 18.4. The van der Waals surface area contributed by atoms with Gasteiger partial charge in [-0.3, -0.25) is 19.8 Å². The van der Waals surface area contributed by atoms with Crippen LogP contribution in [0.25, 0.3) is 0 Å². The van der Waals surface area contributed by atoms with E-state index in [9.17, 15) is 14.4 Å². The Balaban J connectivity index is 1.78. The molecule has 2 heterocycles. The van der Waals surface area contributed by atoms with E-state index in [0.29, 0.717) is 42.6 Å². The van der Waals surface area contributed by atoms with E-state index in [-0.39, 0.29) is 24.8 Å². The Morgan fingerprint density at radius 1 is 1.26 bits per heavy atom. The molecule has 1 aromatic carbocycles. The maximum Gasteiger partial charge on any atom is 0.328 e. The van der Waals surface area contributed by atoms with Crippen LogP contribution >= 0.6 is 0 Å². The largest absolute Gasteiger partial charge is 0.495 e. The Kier molecular flexibility index (Phi) is 5.95. The summed E-state index contributed by atoms with van der Waals surface area (Å²) in [5, 5.41) is 2.29. The van der Waals surface area contributed by atoms with E-state index in [1.807, 2.05) is 4.90 Å². The predicted molar refractivity (Wildman–Crippen MR) is 101 cm³/mol. The van der Waals surface area contributed by atoms with Crippen molar-refractivity contribution in [1.29, 1.82) is 0 Å². The minimum atomic E-state index is -0.503. The number of carbonyl (C=O) groups is 3. The lowest BCUT2D eigenvalue weighted by molar-refractivity contribution is -0.120. The molecule has 2 saturated heterocycles. The highest BCUT2D eigenvalue weighted by molar-refractivity contribution is 6.07. The van der Waals surface area contributed by atoms with Crippen molar-refractivity contribution in [1.82, 2.24) is 10.2 Å². The predicted octanol–water partition coefficient (Wildman–Crippen LogP) is 1.34. The molecule has 3 rings (SSSR count). The molecule has 2 aliphatic rings. The lowest BCUT2D eigenvalue weighted by atomic mass is 9.93. The van der Waals surface area contributed by atoms with E-state index < -0.39 is 6.03 Å². The van der Waals surface area contributed by atoms with Gasteiger partial charge in [0.2, 0.25) is 5.91 Å². The molecule has 4 amide bonds. The summed E-state index contributed by atoms with van der Waals surface area (Å²) in [5.74, 6) is 0.708. The van der Waals surface area contributed by atoms with Crippen molar-refractivity contribution in [3.05, 3.63) is 23.8 Å². The molecule has 0 radical (unpaired) electrons. The molecule has 0 unspecified atom stereocenters. The van der Waals surface area contributed by atoms with Crippen molar-refractivity contribution >= 4 is 23.5 Å². The average molecular weight is 374 g/mol. The molecule has 8 heteroatoms. The molecule has 0 spiro atoms. The minimum Gasteiger partial charge on any atom is -0.495 e. The van der Waals surface area contributed by atoms with Gasteiger partial charge in [-0.15, -0.1) is 0 Å². The molecule has 0 aliphatic carbocycles. The standard InChI is InChI=1S/C19H26N4O4/c1-27-16-3-2-14(12-15(16)23-11-7-17(24)21-19(23)26)18(25)22-9-5-13(4-8-20)6-10-22/h2-3,12-13H,4-11,20H2,1H3,(H,21,24,26). The van der Waals surface area contributed by atoms with Gasteiger partial charge in [-0.1, -0.05) is 0 Å². The Hall–Kier alpha value is -2.61. The Morgan fingerprint density at radius 3 is 2.63 bits per heavy atom. The Morgan fingerprint density at radius 2 is 2.00 bits per heavy atom. The summed E-state index contributed by atoms with van der Waals surface area (Å²) in [6.07, 6.45) is 3.13. The molecule has 1 aromatic rings. The third-order valence-corrected chi connectivity index (χ3v) is 5.25. The van der Waals surface area contributed by atoms with Gasteiger partial charge in [0.15, 0.2) is 0 Å². The minimum absolute atomic E-state index is 0.0569. The molecule has 2 aliphatic heterocycles. The first-order valence-corrected chi connectivity index (χ1v) is 9.32. The number of likely N-dealkylation sites (tertiary alicyclic amines) is 1. The first-order chi connectivity index (χ1) is 13.0. The summed E-state index contributed by atoms with van der Waals surface area (Å²) in [6, 6.07) is 4.57. The van der Waals surface area contributed by atoms with Crippen LogP contribution in [0.1, 0.15) is 36.0 Å². The number of benzene rings is 1. The number of amides is 4. The zero-order valence-electron chi connectivity index (χ0n) is 15.6. The highest BCUT2D eigenvalue weighted by atomic mass is 16.5. The van der Waals surface area contributed by atoms with Gasteiger partial charge in [-0.05, 0) is 49.9 Å². The molecule has 0 atom stereocenters. The summed E-state index contributed by atoms with van der Waals surface area (Å²) >= 11 is 0. The number of rotatable bonds is 5. The van der Waals surface area contributed by atoms with Crippen LogP contribution in [0.3, 0.4) is 0 Å². The van der Waals surface area contributed by atoms with Crippen LogP contribution in [0.2, 0.25) is 0 Å². The molecule has 27 heavy (non-hydrogen) atoms. The van der Waals surface area contributed by atoms with Crippen molar-refractivity contribution < 1.29 is 19.1 Å². The SMILES string of the molecule is COc1ccc(C(=O)N2CCC(CCN)CC2)cc1N1CCC(=O)NC1=O. The number of imide groups is 1. The number of ether oxygens (including phenoxy) is 1. The fraction of sp³-hybridized carbons (Fsp3) is 0.526. The van der Waals surface area contributed by atoms with Gasteiger partial charge in [0, 0.05) is 31.6 Å². The maximum absolute atomic E-state index is 12.9. The van der Waals surface area contributed by atoms with Crippen LogP contribution in [-0.2, 0) is 4.79 Å². The second kappa shape index (κ2) is 8.39. The van der Waals surface area contributed by atoms with E-state index in [1.165, 1.54) is 12.0 Å². The van der Waals surface area contributed by atoms with E-state index in [0.717, 1.165) is 19.3 Å². The van der Waals surface area contributed by atoms with E-state index >= 15 is 0 Å². The van der Waals surface area contributed by atoms with E-state index in [4.69, 9.17) is 10.5 Å². The number of nitrogens with zero attached hydrogens (tertiary/aromatic N) is 2. The zero-order valence-corrected chi connectivity index (χ0v) is 15.6. The van der Waals surface area contributed by atoms with Crippen LogP contribution < -0.4 is 20.7 Å². The fourth-order valence-corrected chi connectivity index (χ4v) is 3.67. The first-order valence-electron chi connectivity index (χ1n) is 9.32. The smallest absolute Gasteiger partial charge is 0.328 e. The van der Waals surface area contributed by atoms with E-state index in [1.54, 1.807) is 18.2 Å². The van der Waals surface area contributed by atoms with Crippen LogP contribution in [0.5, 0.6) is 5.75 Å². The Labute approximate surface area is 158 Å². The first kappa shape index (κ1) is 19.2. The number of anilines is 1. The Bertz CT molecular complexity index is 728. The van der Waals surface area contributed by atoms with Crippen LogP contribution in [0, 0.1) is 5.92 Å². The van der Waals surface area contributed by atoms with Crippen molar-refractivity contribution in [3.63, 3.8) is 0 Å². The zero-order chi connectivity index (χ0) is 19.4. The quantitative estimate of drug-likeness (QED) is 0.809. The summed E-state index contributed by atoms with van der Waals surface area (Å²) in [7, 11) is 1.51. The molecule has 0 saturated carbocycles. The summed E-state index contributed by atoms with van der Waals surface area (Å²) in [6.45, 7) is 2.36. The highest BCUT2D eigenvalue weighted by Crippen LogP contribution is 2.31. The van der Waals surface area contributed by atoms with Crippen LogP contribution in [-0.4, -0.2) is 56.0 Å². The van der Waals surface area contributed by atoms with Gasteiger partial charge in [0.05, 0.1) is 12.8 Å². The molecule has 2 fully saturated rings. The van der Waals surface area contributed by atoms with E-state index in [2.05, 4.69) is 5.32 Å². The number of hydrogen-bond acceptors (Lipinski definition) is 5. The van der Waals surface area contributed by atoms with Gasteiger partial charge in [-0.25, -0.2) is 4.79 Å².